The summed E-state index contributed by atoms with van der Waals surface area (Å²) in [5.41, 5.74) is 5.53. The largest absolute Gasteiger partial charge is 0.342 e. The lowest BCUT2D eigenvalue weighted by Crippen LogP contribution is -2.48. The van der Waals surface area contributed by atoms with Gasteiger partial charge in [0.05, 0.1) is 0 Å². The highest BCUT2D eigenvalue weighted by Crippen LogP contribution is 2.43. The van der Waals surface area contributed by atoms with Gasteiger partial charge in [-0.15, -0.1) is 0 Å². The van der Waals surface area contributed by atoms with Crippen LogP contribution in [0.25, 0.3) is 10.8 Å². The first-order valence-electron chi connectivity index (χ1n) is 12.3. The number of benzene rings is 3. The summed E-state index contributed by atoms with van der Waals surface area (Å²) in [4.78, 5) is 27.2. The molecular formula is C29H30N2O2. The minimum Gasteiger partial charge on any atom is -0.342 e. The number of amides is 2. The van der Waals surface area contributed by atoms with Crippen LogP contribution in [0.3, 0.4) is 0 Å². The lowest BCUT2D eigenvalue weighted by Gasteiger charge is -2.43. The second kappa shape index (κ2) is 7.72. The van der Waals surface area contributed by atoms with Crippen molar-refractivity contribution in [2.24, 2.45) is 5.41 Å². The highest BCUT2D eigenvalue weighted by molar-refractivity contribution is 6.24. The SMILES string of the molecule is CC1(C(=O)N2CCC(c3cccc(Cc4ccc5c6c(cccc46)C(=O)N5)c3)CC2)CCC1. The summed E-state index contributed by atoms with van der Waals surface area (Å²) in [5, 5.41) is 5.18. The number of rotatable bonds is 4. The number of nitrogens with zero attached hydrogens (tertiary/aromatic N) is 1. The average Bonchev–Trinajstić information content (AvgIpc) is 3.16. The smallest absolute Gasteiger partial charge is 0.256 e. The normalized spacial score (nSPS) is 19.4. The lowest BCUT2D eigenvalue weighted by molar-refractivity contribution is -0.147. The maximum absolute atomic E-state index is 12.9. The van der Waals surface area contributed by atoms with E-state index >= 15 is 0 Å². The van der Waals surface area contributed by atoms with Crippen molar-refractivity contribution in [3.63, 3.8) is 0 Å². The predicted octanol–water partition coefficient (Wildman–Crippen LogP) is 5.89. The van der Waals surface area contributed by atoms with Crippen LogP contribution >= 0.6 is 0 Å². The van der Waals surface area contributed by atoms with Gasteiger partial charge >= 0.3 is 0 Å². The molecule has 4 nitrogen and oxygen atoms in total. The monoisotopic (exact) mass is 438 g/mol. The zero-order valence-corrected chi connectivity index (χ0v) is 19.2. The summed E-state index contributed by atoms with van der Waals surface area (Å²) in [7, 11) is 0. The van der Waals surface area contributed by atoms with E-state index in [-0.39, 0.29) is 11.3 Å². The molecule has 1 aliphatic carbocycles. The molecule has 2 amide bonds. The number of carbonyl (C=O) groups excluding carboxylic acids is 2. The van der Waals surface area contributed by atoms with Crippen LogP contribution in [-0.4, -0.2) is 29.8 Å². The Morgan fingerprint density at radius 3 is 2.61 bits per heavy atom. The number of hydrogen-bond donors (Lipinski definition) is 1. The number of piperidine rings is 1. The van der Waals surface area contributed by atoms with Gasteiger partial charge in [-0.3, -0.25) is 9.59 Å². The third-order valence-corrected chi connectivity index (χ3v) is 8.20. The molecule has 3 aromatic rings. The van der Waals surface area contributed by atoms with Crippen molar-refractivity contribution >= 4 is 28.3 Å². The summed E-state index contributed by atoms with van der Waals surface area (Å²) in [6.45, 7) is 3.89. The molecule has 3 aromatic carbocycles. The molecule has 1 N–H and O–H groups in total. The van der Waals surface area contributed by atoms with E-state index < -0.39 is 0 Å². The van der Waals surface area contributed by atoms with Gasteiger partial charge < -0.3 is 10.2 Å². The Balaban J connectivity index is 1.19. The van der Waals surface area contributed by atoms with E-state index in [9.17, 15) is 9.59 Å². The number of nitrogens with one attached hydrogen (secondary N) is 1. The van der Waals surface area contributed by atoms with Gasteiger partial charge in [0.25, 0.3) is 5.91 Å². The van der Waals surface area contributed by atoms with Crippen LogP contribution in [0.1, 0.15) is 72.0 Å². The zero-order valence-electron chi connectivity index (χ0n) is 19.2. The van der Waals surface area contributed by atoms with Gasteiger partial charge in [0.1, 0.15) is 0 Å². The molecule has 0 atom stereocenters. The summed E-state index contributed by atoms with van der Waals surface area (Å²) >= 11 is 0. The molecule has 2 aliphatic heterocycles. The standard InChI is InChI=1S/C29H30N2O2/c1-29(13-4-14-29)28(33)31-15-11-20(12-16-31)21-6-2-5-19(17-21)18-22-9-10-25-26-23(22)7-3-8-24(26)27(32)30-25/h2-3,5-10,17,20H,4,11-16,18H2,1H3,(H,30,32). The average molecular weight is 439 g/mol. The Hall–Kier alpha value is -3.14. The molecule has 33 heavy (non-hydrogen) atoms. The summed E-state index contributed by atoms with van der Waals surface area (Å²) < 4.78 is 0. The molecule has 0 spiro atoms. The fourth-order valence-corrected chi connectivity index (χ4v) is 6.00. The van der Waals surface area contributed by atoms with Crippen LogP contribution < -0.4 is 5.32 Å². The molecule has 1 saturated heterocycles. The lowest BCUT2D eigenvalue weighted by atomic mass is 9.69. The molecule has 4 heteroatoms. The molecule has 168 valence electrons. The maximum atomic E-state index is 12.9. The van der Waals surface area contributed by atoms with Crippen LogP contribution in [0.4, 0.5) is 5.69 Å². The summed E-state index contributed by atoms with van der Waals surface area (Å²) in [5.74, 6) is 0.879. The van der Waals surface area contributed by atoms with E-state index in [2.05, 4.69) is 53.5 Å². The minimum atomic E-state index is -0.0907. The van der Waals surface area contributed by atoms with Gasteiger partial charge in [-0.2, -0.15) is 0 Å². The molecule has 6 rings (SSSR count). The molecular weight excluding hydrogens is 408 g/mol. The Bertz CT molecular complexity index is 1270. The van der Waals surface area contributed by atoms with Crippen molar-refractivity contribution in [1.29, 1.82) is 0 Å². The molecule has 2 heterocycles. The quantitative estimate of drug-likeness (QED) is 0.552. The molecule has 0 bridgehead atoms. The van der Waals surface area contributed by atoms with E-state index in [1.165, 1.54) is 23.1 Å². The summed E-state index contributed by atoms with van der Waals surface area (Å²) in [6.07, 6.45) is 6.22. The van der Waals surface area contributed by atoms with E-state index in [1.54, 1.807) is 0 Å². The Kier molecular flexibility index (Phi) is 4.79. The van der Waals surface area contributed by atoms with Gasteiger partial charge in [-0.1, -0.05) is 55.8 Å². The first-order valence-corrected chi connectivity index (χ1v) is 12.3. The Morgan fingerprint density at radius 1 is 1.06 bits per heavy atom. The molecule has 3 aliphatic rings. The maximum Gasteiger partial charge on any atom is 0.256 e. The zero-order chi connectivity index (χ0) is 22.6. The topological polar surface area (TPSA) is 49.4 Å². The molecule has 0 aromatic heterocycles. The number of carbonyl (C=O) groups is 2. The van der Waals surface area contributed by atoms with Gasteiger partial charge in [0, 0.05) is 35.1 Å². The number of likely N-dealkylation sites (tertiary alicyclic amines) is 1. The molecule has 0 radical (unpaired) electrons. The highest BCUT2D eigenvalue weighted by Gasteiger charge is 2.42. The first-order chi connectivity index (χ1) is 16.0. The van der Waals surface area contributed by atoms with Gasteiger partial charge in [0.2, 0.25) is 5.91 Å². The van der Waals surface area contributed by atoms with Crippen molar-refractivity contribution in [1.82, 2.24) is 4.90 Å². The van der Waals surface area contributed by atoms with E-state index in [4.69, 9.17) is 0 Å². The van der Waals surface area contributed by atoms with Crippen molar-refractivity contribution in [3.05, 3.63) is 76.9 Å². The second-order valence-corrected chi connectivity index (χ2v) is 10.4. The van der Waals surface area contributed by atoms with Crippen LogP contribution in [0.5, 0.6) is 0 Å². The Labute approximate surface area is 195 Å². The van der Waals surface area contributed by atoms with Gasteiger partial charge in [0.15, 0.2) is 0 Å². The van der Waals surface area contributed by atoms with Crippen LogP contribution in [0.15, 0.2) is 54.6 Å². The second-order valence-electron chi connectivity index (χ2n) is 10.4. The molecule has 1 saturated carbocycles. The fourth-order valence-electron chi connectivity index (χ4n) is 6.00. The third kappa shape index (κ3) is 3.43. The number of anilines is 1. The summed E-state index contributed by atoms with van der Waals surface area (Å²) in [6, 6.07) is 19.1. The van der Waals surface area contributed by atoms with E-state index in [0.29, 0.717) is 11.8 Å². The first kappa shape index (κ1) is 20.5. The van der Waals surface area contributed by atoms with E-state index in [0.717, 1.165) is 67.2 Å². The van der Waals surface area contributed by atoms with Crippen LogP contribution in [0, 0.1) is 5.41 Å². The fraction of sp³-hybridized carbons (Fsp3) is 0.379. The highest BCUT2D eigenvalue weighted by atomic mass is 16.2. The predicted molar refractivity (Wildman–Crippen MR) is 132 cm³/mol. The molecule has 0 unspecified atom stereocenters. The minimum absolute atomic E-state index is 0.00845. The van der Waals surface area contributed by atoms with Crippen molar-refractivity contribution in [2.45, 2.75) is 51.4 Å². The van der Waals surface area contributed by atoms with Crippen molar-refractivity contribution in [2.75, 3.05) is 18.4 Å². The van der Waals surface area contributed by atoms with E-state index in [1.807, 2.05) is 18.2 Å². The van der Waals surface area contributed by atoms with Gasteiger partial charge in [-0.25, -0.2) is 0 Å². The van der Waals surface area contributed by atoms with Crippen molar-refractivity contribution in [3.8, 4) is 0 Å². The van der Waals surface area contributed by atoms with Crippen molar-refractivity contribution < 1.29 is 9.59 Å². The van der Waals surface area contributed by atoms with Gasteiger partial charge in [-0.05, 0) is 72.2 Å². The molecule has 2 fully saturated rings. The number of hydrogen-bond acceptors (Lipinski definition) is 2. The third-order valence-electron chi connectivity index (χ3n) is 8.20. The van der Waals surface area contributed by atoms with Crippen LogP contribution in [0.2, 0.25) is 0 Å². The van der Waals surface area contributed by atoms with Crippen LogP contribution in [-0.2, 0) is 11.2 Å². The Morgan fingerprint density at radius 2 is 1.85 bits per heavy atom.